The van der Waals surface area contributed by atoms with E-state index in [1.165, 1.54) is 5.57 Å². The predicted molar refractivity (Wildman–Crippen MR) is 186 cm³/mol. The van der Waals surface area contributed by atoms with Gasteiger partial charge in [-0.3, -0.25) is 9.59 Å². The van der Waals surface area contributed by atoms with Gasteiger partial charge in [0.1, 0.15) is 12.4 Å². The second-order valence-corrected chi connectivity index (χ2v) is 18.2. The van der Waals surface area contributed by atoms with Crippen LogP contribution < -0.4 is 11.1 Å². The molecule has 0 spiro atoms. The summed E-state index contributed by atoms with van der Waals surface area (Å²) in [6.45, 7) is 17.8. The number of carbonyl (C=O) groups is 3. The third-order valence-electron chi connectivity index (χ3n) is 15.4. The van der Waals surface area contributed by atoms with Crippen molar-refractivity contribution in [1.82, 2.24) is 5.32 Å². The molecule has 1 aromatic rings. The summed E-state index contributed by atoms with van der Waals surface area (Å²) in [4.78, 5) is 52.1. The lowest BCUT2D eigenvalue weighted by atomic mass is 9.33. The zero-order valence-electron chi connectivity index (χ0n) is 31.5. The summed E-state index contributed by atoms with van der Waals surface area (Å²) in [6.07, 6.45) is 10.5. The van der Waals surface area contributed by atoms with Gasteiger partial charge in [0.25, 0.3) is 0 Å². The standard InChI is InChI=1S/C40H59NO9/c1-9-10-19-48-33(45)41-30-12-13-37(5)29(38(30,6)23-47-22-28-24(2)49-34(46)50-28)11-14-40(8)31(37)27(42)20-25-26-21-36(4,32(43)44)16-15-35(26,3)17-18-39(25,40)7/h20,26,29-31H,9-19,21-23H2,1-8H3,(H,41,45)(H,43,44)/t26-,29?,30-,31+,35+,36-,37-,38-,39+,40+/m0/s1. The molecule has 2 N–H and O–H groups in total. The van der Waals surface area contributed by atoms with E-state index < -0.39 is 28.7 Å². The molecular weight excluding hydrogens is 638 g/mol. The number of carboxylic acid groups (broad SMARTS) is 1. The molecule has 4 saturated carbocycles. The number of nitrogens with one attached hydrogen (secondary N) is 1. The number of alkyl carbamates (subject to hydrolysis) is 1. The third kappa shape index (κ3) is 5.61. The monoisotopic (exact) mass is 697 g/mol. The van der Waals surface area contributed by atoms with E-state index in [2.05, 4.69) is 46.9 Å². The SMILES string of the molecule is CCCCOC(=O)N[C@H]1CC[C@@]2(C)C(CC[C@]3(C)[C@@H]2C(=O)C=C2[C@@H]4C[C@@](C)(C(=O)O)CC[C@]4(C)CC[C@]23C)[C@]1(C)COCc1oc(=O)oc1C. The number of allylic oxidation sites excluding steroid dienone is 2. The van der Waals surface area contributed by atoms with Crippen LogP contribution in [0.4, 0.5) is 4.79 Å². The van der Waals surface area contributed by atoms with Gasteiger partial charge < -0.3 is 28.7 Å². The highest BCUT2D eigenvalue weighted by Crippen LogP contribution is 2.75. The summed E-state index contributed by atoms with van der Waals surface area (Å²) in [5.41, 5.74) is -1.09. The van der Waals surface area contributed by atoms with Crippen molar-refractivity contribution in [3.05, 3.63) is 33.8 Å². The van der Waals surface area contributed by atoms with E-state index in [1.54, 1.807) is 6.92 Å². The minimum atomic E-state index is -0.796. The van der Waals surface area contributed by atoms with Crippen LogP contribution in [0, 0.1) is 57.2 Å². The molecular formula is C40H59NO9. The van der Waals surface area contributed by atoms with Gasteiger partial charge >= 0.3 is 17.9 Å². The fraction of sp³-hybridized carbons (Fsp3) is 0.800. The molecule has 10 atom stereocenters. The fourth-order valence-corrected chi connectivity index (χ4v) is 12.0. The van der Waals surface area contributed by atoms with Gasteiger partial charge in [-0.1, -0.05) is 53.5 Å². The molecule has 5 aliphatic rings. The number of ether oxygens (including phenoxy) is 2. The number of aliphatic carboxylic acids is 1. The Kier molecular flexibility index (Phi) is 9.34. The van der Waals surface area contributed by atoms with E-state index in [-0.39, 0.29) is 64.5 Å². The van der Waals surface area contributed by atoms with E-state index in [0.717, 1.165) is 51.4 Å². The molecule has 0 saturated heterocycles. The van der Waals surface area contributed by atoms with E-state index in [0.29, 0.717) is 37.4 Å². The molecule has 6 rings (SSSR count). The predicted octanol–water partition coefficient (Wildman–Crippen LogP) is 8.00. The molecule has 1 aromatic heterocycles. The molecule has 10 nitrogen and oxygen atoms in total. The maximum absolute atomic E-state index is 14.9. The summed E-state index contributed by atoms with van der Waals surface area (Å²) in [5.74, 6) is -0.734. The van der Waals surface area contributed by atoms with Gasteiger partial charge in [0.2, 0.25) is 0 Å². The number of amides is 1. The second kappa shape index (κ2) is 12.7. The largest absolute Gasteiger partial charge is 0.519 e. The van der Waals surface area contributed by atoms with Crippen molar-refractivity contribution in [3.8, 4) is 0 Å². The highest BCUT2D eigenvalue weighted by atomic mass is 16.6. The van der Waals surface area contributed by atoms with Crippen molar-refractivity contribution < 1.29 is 37.8 Å². The van der Waals surface area contributed by atoms with Gasteiger partial charge in [0.05, 0.1) is 18.6 Å². The lowest BCUT2D eigenvalue weighted by molar-refractivity contribution is -0.199. The zero-order valence-corrected chi connectivity index (χ0v) is 31.5. The fourth-order valence-electron chi connectivity index (χ4n) is 12.0. The van der Waals surface area contributed by atoms with Crippen molar-refractivity contribution in [2.75, 3.05) is 13.2 Å². The van der Waals surface area contributed by atoms with Crippen LogP contribution in [0.5, 0.6) is 0 Å². The van der Waals surface area contributed by atoms with Gasteiger partial charge in [-0.2, -0.15) is 0 Å². The number of unbranched alkanes of at least 4 members (excludes halogenated alkanes) is 1. The molecule has 1 amide bonds. The summed E-state index contributed by atoms with van der Waals surface area (Å²) < 4.78 is 22.2. The smallest absolute Gasteiger partial charge is 0.481 e. The first-order valence-corrected chi connectivity index (χ1v) is 19.0. The van der Waals surface area contributed by atoms with Crippen LogP contribution in [0.1, 0.15) is 131 Å². The lowest BCUT2D eigenvalue weighted by Gasteiger charge is -2.70. The Morgan fingerprint density at radius 2 is 1.70 bits per heavy atom. The van der Waals surface area contributed by atoms with Crippen LogP contribution in [0.3, 0.4) is 0 Å². The first-order chi connectivity index (χ1) is 23.4. The minimum absolute atomic E-state index is 0.0112. The molecule has 10 heteroatoms. The van der Waals surface area contributed by atoms with E-state index in [4.69, 9.17) is 18.3 Å². The maximum Gasteiger partial charge on any atom is 0.519 e. The van der Waals surface area contributed by atoms with E-state index in [1.807, 2.05) is 13.0 Å². The first-order valence-electron chi connectivity index (χ1n) is 19.0. The Bertz CT molecular complexity index is 1610. The highest BCUT2D eigenvalue weighted by molar-refractivity contribution is 5.95. The average molecular weight is 698 g/mol. The van der Waals surface area contributed by atoms with Crippen molar-refractivity contribution >= 4 is 17.8 Å². The summed E-state index contributed by atoms with van der Waals surface area (Å²) >= 11 is 0. The second-order valence-electron chi connectivity index (χ2n) is 18.2. The molecule has 278 valence electrons. The third-order valence-corrected chi connectivity index (χ3v) is 15.4. The molecule has 0 bridgehead atoms. The van der Waals surface area contributed by atoms with Gasteiger partial charge in [0, 0.05) is 17.4 Å². The molecule has 1 heterocycles. The van der Waals surface area contributed by atoms with Crippen molar-refractivity contribution in [2.45, 2.75) is 139 Å². The maximum atomic E-state index is 14.9. The number of ketones is 1. The van der Waals surface area contributed by atoms with E-state index in [9.17, 15) is 24.3 Å². The van der Waals surface area contributed by atoms with Gasteiger partial charge in [-0.25, -0.2) is 9.59 Å². The normalized spacial score (nSPS) is 42.3. The molecule has 5 aliphatic carbocycles. The van der Waals surface area contributed by atoms with Gasteiger partial charge in [-0.15, -0.1) is 0 Å². The Labute approximate surface area is 296 Å². The van der Waals surface area contributed by atoms with Crippen molar-refractivity contribution in [3.63, 3.8) is 0 Å². The number of rotatable bonds is 9. The van der Waals surface area contributed by atoms with Gasteiger partial charge in [0.15, 0.2) is 11.5 Å². The molecule has 0 aromatic carbocycles. The van der Waals surface area contributed by atoms with Crippen molar-refractivity contribution in [1.29, 1.82) is 0 Å². The highest BCUT2D eigenvalue weighted by Gasteiger charge is 2.71. The average Bonchev–Trinajstić information content (AvgIpc) is 3.36. The number of carboxylic acids is 1. The molecule has 4 fully saturated rings. The topological polar surface area (TPSA) is 145 Å². The van der Waals surface area contributed by atoms with Crippen LogP contribution in [-0.2, 0) is 25.7 Å². The Morgan fingerprint density at radius 1 is 0.980 bits per heavy atom. The number of carbonyl (C=O) groups excluding carboxylic acids is 2. The van der Waals surface area contributed by atoms with Crippen LogP contribution in [0.15, 0.2) is 25.3 Å². The van der Waals surface area contributed by atoms with Crippen LogP contribution in [0.2, 0.25) is 0 Å². The summed E-state index contributed by atoms with van der Waals surface area (Å²) in [5, 5.41) is 13.5. The molecule has 50 heavy (non-hydrogen) atoms. The number of hydrogen-bond donors (Lipinski definition) is 2. The summed E-state index contributed by atoms with van der Waals surface area (Å²) in [7, 11) is 0. The number of hydrogen-bond acceptors (Lipinski definition) is 8. The quantitative estimate of drug-likeness (QED) is 0.245. The molecule has 0 radical (unpaired) electrons. The molecule has 1 unspecified atom stereocenters. The Hall–Kier alpha value is -2.88. The lowest BCUT2D eigenvalue weighted by Crippen LogP contribution is -2.69. The Balaban J connectivity index is 1.35. The van der Waals surface area contributed by atoms with Gasteiger partial charge in [-0.05, 0) is 118 Å². The van der Waals surface area contributed by atoms with Crippen molar-refractivity contribution in [2.24, 2.45) is 50.2 Å². The molecule has 0 aliphatic heterocycles. The number of fused-ring (bicyclic) bond motifs is 7. The Morgan fingerprint density at radius 3 is 2.36 bits per heavy atom. The minimum Gasteiger partial charge on any atom is -0.481 e. The van der Waals surface area contributed by atoms with Crippen LogP contribution in [0.25, 0.3) is 0 Å². The van der Waals surface area contributed by atoms with Crippen LogP contribution in [-0.4, -0.2) is 42.2 Å². The first kappa shape index (κ1) is 36.9. The van der Waals surface area contributed by atoms with Crippen LogP contribution >= 0.6 is 0 Å². The zero-order chi connectivity index (χ0) is 36.5. The summed E-state index contributed by atoms with van der Waals surface area (Å²) in [6, 6.07) is -0.247. The number of aryl methyl sites for hydroxylation is 1. The van der Waals surface area contributed by atoms with E-state index >= 15 is 0 Å².